The van der Waals surface area contributed by atoms with Gasteiger partial charge in [-0.3, -0.25) is 4.79 Å². The Labute approximate surface area is 131 Å². The average Bonchev–Trinajstić information content (AvgIpc) is 2.41. The maximum absolute atomic E-state index is 12.5. The van der Waals surface area contributed by atoms with Crippen LogP contribution in [0.4, 0.5) is 18.9 Å². The molecule has 0 unspecified atom stereocenters. The van der Waals surface area contributed by atoms with E-state index in [0.29, 0.717) is 0 Å². The molecule has 1 amide bonds. The molecule has 1 aromatic rings. The molecule has 2 nitrogen and oxygen atoms in total. The van der Waals surface area contributed by atoms with E-state index in [2.05, 4.69) is 5.32 Å². The van der Waals surface area contributed by atoms with Gasteiger partial charge in [-0.25, -0.2) is 0 Å². The molecule has 2 rings (SSSR count). The number of anilines is 1. The fourth-order valence-corrected chi connectivity index (χ4v) is 6.11. The number of thioether (sulfide) groups is 3. The zero-order valence-corrected chi connectivity index (χ0v) is 13.1. The van der Waals surface area contributed by atoms with Gasteiger partial charge < -0.3 is 5.32 Å². The number of carbonyl (C=O) groups excluding carboxylic acids is 1. The fourth-order valence-electron chi connectivity index (χ4n) is 1.44. The van der Waals surface area contributed by atoms with Crippen molar-refractivity contribution in [1.82, 2.24) is 0 Å². The zero-order valence-electron chi connectivity index (χ0n) is 9.87. The molecule has 0 saturated carbocycles. The van der Waals surface area contributed by atoms with Gasteiger partial charge in [-0.15, -0.1) is 35.3 Å². The van der Waals surface area contributed by atoms with E-state index in [0.717, 1.165) is 22.3 Å². The molecule has 1 aliphatic rings. The topological polar surface area (TPSA) is 29.1 Å². The summed E-state index contributed by atoms with van der Waals surface area (Å²) in [4.78, 5) is 12.0. The Morgan fingerprint density at radius 2 is 1.95 bits per heavy atom. The molecule has 0 aliphatic carbocycles. The molecule has 1 heterocycles. The average molecular weight is 360 g/mol. The minimum Gasteiger partial charge on any atom is -0.323 e. The number of nitrogens with one attached hydrogen (secondary N) is 1. The number of amides is 1. The number of halogens is 4. The molecule has 0 atom stereocenters. The molecule has 1 aliphatic heterocycles. The van der Waals surface area contributed by atoms with Gasteiger partial charge in [0.2, 0.25) is 5.91 Å². The van der Waals surface area contributed by atoms with Gasteiger partial charge in [0.25, 0.3) is 0 Å². The Morgan fingerprint density at radius 1 is 1.30 bits per heavy atom. The lowest BCUT2D eigenvalue weighted by atomic mass is 10.2. The van der Waals surface area contributed by atoms with Crippen LogP contribution in [-0.2, 0) is 11.0 Å². The van der Waals surface area contributed by atoms with Gasteiger partial charge in [-0.05, 0) is 18.2 Å². The van der Waals surface area contributed by atoms with Gasteiger partial charge in [0.05, 0.1) is 16.3 Å². The van der Waals surface area contributed by atoms with Gasteiger partial charge in [0.1, 0.15) is 4.58 Å². The van der Waals surface area contributed by atoms with Crippen LogP contribution in [-0.4, -0.2) is 20.7 Å². The first-order valence-corrected chi connectivity index (χ1v) is 8.99. The highest BCUT2D eigenvalue weighted by Gasteiger charge is 2.31. The zero-order chi connectivity index (χ0) is 14.8. The lowest BCUT2D eigenvalue weighted by molar-refractivity contribution is -0.137. The van der Waals surface area contributed by atoms with Gasteiger partial charge in [-0.1, -0.05) is 11.6 Å². The van der Waals surface area contributed by atoms with Gasteiger partial charge >= 0.3 is 6.18 Å². The van der Waals surface area contributed by atoms with Crippen molar-refractivity contribution >= 4 is 58.5 Å². The third-order valence-electron chi connectivity index (χ3n) is 2.37. The summed E-state index contributed by atoms with van der Waals surface area (Å²) in [6, 6.07) is 2.89. The minimum absolute atomic E-state index is 0.117. The highest BCUT2D eigenvalue weighted by atomic mass is 35.5. The summed E-state index contributed by atoms with van der Waals surface area (Å²) >= 11 is 10.5. The second kappa shape index (κ2) is 6.72. The predicted octanol–water partition coefficient (Wildman–Crippen LogP) is 4.75. The minimum atomic E-state index is -4.45. The summed E-state index contributed by atoms with van der Waals surface area (Å²) in [5.74, 6) is -0.248. The lowest BCUT2D eigenvalue weighted by Gasteiger charge is -2.20. The SMILES string of the molecule is O=C(Nc1ccc(C(F)(F)F)cc1Cl)C1SCSCS1. The van der Waals surface area contributed by atoms with Gasteiger partial charge in [0.15, 0.2) is 0 Å². The van der Waals surface area contributed by atoms with Crippen LogP contribution < -0.4 is 5.32 Å². The smallest absolute Gasteiger partial charge is 0.323 e. The van der Waals surface area contributed by atoms with E-state index < -0.39 is 11.7 Å². The Bertz CT molecular complexity index is 506. The van der Waals surface area contributed by atoms with E-state index in [1.54, 1.807) is 11.8 Å². The molecule has 1 fully saturated rings. The van der Waals surface area contributed by atoms with Crippen molar-refractivity contribution in [2.75, 3.05) is 15.5 Å². The molecule has 1 N–H and O–H groups in total. The summed E-state index contributed by atoms with van der Waals surface area (Å²) < 4.78 is 37.2. The largest absolute Gasteiger partial charge is 0.416 e. The molecule has 0 aromatic heterocycles. The predicted molar refractivity (Wildman–Crippen MR) is 81.4 cm³/mol. The van der Waals surface area contributed by atoms with E-state index in [1.807, 2.05) is 0 Å². The van der Waals surface area contributed by atoms with Crippen molar-refractivity contribution in [2.45, 2.75) is 10.8 Å². The molecule has 20 heavy (non-hydrogen) atoms. The first-order chi connectivity index (χ1) is 9.38. The first-order valence-electron chi connectivity index (χ1n) is 5.36. The Morgan fingerprint density at radius 3 is 2.50 bits per heavy atom. The van der Waals surface area contributed by atoms with Crippen molar-refractivity contribution in [3.63, 3.8) is 0 Å². The van der Waals surface area contributed by atoms with Crippen LogP contribution in [0.3, 0.4) is 0 Å². The Balaban J connectivity index is 2.08. The number of alkyl halides is 3. The summed E-state index contributed by atoms with van der Waals surface area (Å²) in [7, 11) is 0. The third kappa shape index (κ3) is 4.16. The normalized spacial score (nSPS) is 17.0. The van der Waals surface area contributed by atoms with E-state index in [1.165, 1.54) is 29.6 Å². The molecule has 1 saturated heterocycles. The van der Waals surface area contributed by atoms with Crippen molar-refractivity contribution < 1.29 is 18.0 Å². The number of hydrogen-bond acceptors (Lipinski definition) is 4. The number of benzene rings is 1. The van der Waals surface area contributed by atoms with E-state index in [9.17, 15) is 18.0 Å². The third-order valence-corrected chi connectivity index (χ3v) is 6.96. The van der Waals surface area contributed by atoms with Gasteiger partial charge in [-0.2, -0.15) is 13.2 Å². The summed E-state index contributed by atoms with van der Waals surface area (Å²) in [5, 5.41) is 4.10. The van der Waals surface area contributed by atoms with Crippen molar-refractivity contribution in [3.8, 4) is 0 Å². The highest BCUT2D eigenvalue weighted by Crippen LogP contribution is 2.37. The van der Waals surface area contributed by atoms with Crippen LogP contribution in [0.15, 0.2) is 18.2 Å². The highest BCUT2D eigenvalue weighted by molar-refractivity contribution is 8.33. The number of hydrogen-bond donors (Lipinski definition) is 1. The standard InChI is InChI=1S/C11H9ClF3NOS3/c12-7-3-6(11(13,14)15)1-2-8(7)16-9(17)10-19-4-18-5-20-10/h1-3,10H,4-5H2,(H,16,17). The van der Waals surface area contributed by atoms with E-state index in [4.69, 9.17) is 11.6 Å². The molecule has 0 bridgehead atoms. The molecular formula is C11H9ClF3NOS3. The number of rotatable bonds is 2. The molecule has 9 heteroatoms. The summed E-state index contributed by atoms with van der Waals surface area (Å²) in [5.41, 5.74) is -0.637. The second-order valence-corrected chi connectivity index (χ2v) is 8.40. The van der Waals surface area contributed by atoms with Crippen molar-refractivity contribution in [3.05, 3.63) is 28.8 Å². The van der Waals surface area contributed by atoms with Crippen LogP contribution in [0.2, 0.25) is 5.02 Å². The van der Waals surface area contributed by atoms with Gasteiger partial charge in [0, 0.05) is 10.2 Å². The quantitative estimate of drug-likeness (QED) is 0.825. The first kappa shape index (κ1) is 16.2. The fraction of sp³-hybridized carbons (Fsp3) is 0.364. The maximum atomic E-state index is 12.5. The Hall–Kier alpha value is -0.180. The van der Waals surface area contributed by atoms with Crippen LogP contribution in [0, 0.1) is 0 Å². The molecule has 0 radical (unpaired) electrons. The maximum Gasteiger partial charge on any atom is 0.416 e. The van der Waals surface area contributed by atoms with Crippen molar-refractivity contribution in [1.29, 1.82) is 0 Å². The van der Waals surface area contributed by atoms with Crippen LogP contribution >= 0.6 is 46.9 Å². The summed E-state index contributed by atoms with van der Waals surface area (Å²) in [6.45, 7) is 0. The van der Waals surface area contributed by atoms with Crippen LogP contribution in [0.1, 0.15) is 5.56 Å². The molecule has 110 valence electrons. The van der Waals surface area contributed by atoms with Crippen LogP contribution in [0.5, 0.6) is 0 Å². The monoisotopic (exact) mass is 359 g/mol. The van der Waals surface area contributed by atoms with Crippen molar-refractivity contribution in [2.24, 2.45) is 0 Å². The van der Waals surface area contributed by atoms with Crippen LogP contribution in [0.25, 0.3) is 0 Å². The second-order valence-electron chi connectivity index (χ2n) is 3.79. The molecular weight excluding hydrogens is 351 g/mol. The molecule has 0 spiro atoms. The summed E-state index contributed by atoms with van der Waals surface area (Å²) in [6.07, 6.45) is -4.45. The molecule has 1 aromatic carbocycles. The van der Waals surface area contributed by atoms with E-state index >= 15 is 0 Å². The Kier molecular flexibility index (Phi) is 5.44. The lowest BCUT2D eigenvalue weighted by Crippen LogP contribution is -2.24. The number of carbonyl (C=O) groups is 1. The van der Waals surface area contributed by atoms with E-state index in [-0.39, 0.29) is 21.2 Å².